The molecule has 4 aromatic rings. The summed E-state index contributed by atoms with van der Waals surface area (Å²) in [6, 6.07) is 20.8. The standard InChI is InChI=1S/C33H35N3O4/c1-2-3-12-31-35-29-18-17-25(34-32(38)27-10-5-4-8-24(27)21-37)19-30(29)36(31)20-22-13-15-23(16-14-22)26-9-6-7-11-28(26)33(39)40/h6-7,9,11,13-19,21,24,27H,2-5,8,10,12,20H2,1H3,(H,34,38)(H,39,40)/t24-,27-/m1/s1. The summed E-state index contributed by atoms with van der Waals surface area (Å²) < 4.78 is 2.20. The van der Waals surface area contributed by atoms with Crippen molar-refractivity contribution in [3.05, 3.63) is 83.7 Å². The van der Waals surface area contributed by atoms with E-state index in [-0.39, 0.29) is 23.3 Å². The van der Waals surface area contributed by atoms with Crippen LogP contribution in [0.5, 0.6) is 0 Å². The van der Waals surface area contributed by atoms with Gasteiger partial charge >= 0.3 is 5.97 Å². The molecule has 0 unspecified atom stereocenters. The molecule has 0 saturated heterocycles. The summed E-state index contributed by atoms with van der Waals surface area (Å²) in [5.74, 6) is -0.538. The van der Waals surface area contributed by atoms with Crippen molar-refractivity contribution in [3.8, 4) is 11.1 Å². The largest absolute Gasteiger partial charge is 0.478 e. The van der Waals surface area contributed by atoms with Gasteiger partial charge in [0.25, 0.3) is 0 Å². The van der Waals surface area contributed by atoms with Gasteiger partial charge in [-0.05, 0) is 60.2 Å². The number of aldehydes is 1. The molecule has 1 aliphatic carbocycles. The Hall–Kier alpha value is -4.26. The van der Waals surface area contributed by atoms with E-state index in [0.717, 1.165) is 79.2 Å². The number of anilines is 1. The Labute approximate surface area is 234 Å². The topological polar surface area (TPSA) is 101 Å². The van der Waals surface area contributed by atoms with E-state index in [1.54, 1.807) is 12.1 Å². The fraction of sp³-hybridized carbons (Fsp3) is 0.333. The summed E-state index contributed by atoms with van der Waals surface area (Å²) in [6.45, 7) is 2.76. The summed E-state index contributed by atoms with van der Waals surface area (Å²) in [6.07, 6.45) is 7.33. The Morgan fingerprint density at radius 2 is 1.82 bits per heavy atom. The summed E-state index contributed by atoms with van der Waals surface area (Å²) in [4.78, 5) is 41.2. The van der Waals surface area contributed by atoms with Gasteiger partial charge < -0.3 is 19.8 Å². The number of carboxylic acids is 1. The molecule has 0 bridgehead atoms. The van der Waals surface area contributed by atoms with Gasteiger partial charge in [0, 0.05) is 30.5 Å². The molecule has 7 nitrogen and oxygen atoms in total. The lowest BCUT2D eigenvalue weighted by Gasteiger charge is -2.26. The Bertz CT molecular complexity index is 1520. The van der Waals surface area contributed by atoms with E-state index in [1.165, 1.54) is 0 Å². The van der Waals surface area contributed by atoms with Crippen LogP contribution in [0.25, 0.3) is 22.2 Å². The number of fused-ring (bicyclic) bond motifs is 1. The number of nitrogens with zero attached hydrogens (tertiary/aromatic N) is 2. The molecule has 40 heavy (non-hydrogen) atoms. The maximum atomic E-state index is 13.1. The van der Waals surface area contributed by atoms with Crippen LogP contribution in [0.3, 0.4) is 0 Å². The highest BCUT2D eigenvalue weighted by Gasteiger charge is 2.30. The highest BCUT2D eigenvalue weighted by Crippen LogP contribution is 2.31. The smallest absolute Gasteiger partial charge is 0.336 e. The minimum atomic E-state index is -0.946. The van der Waals surface area contributed by atoms with Gasteiger partial charge in [0.05, 0.1) is 16.6 Å². The van der Waals surface area contributed by atoms with E-state index < -0.39 is 5.97 Å². The van der Waals surface area contributed by atoms with Crippen molar-refractivity contribution >= 4 is 34.9 Å². The second kappa shape index (κ2) is 12.3. The average molecular weight is 538 g/mol. The SMILES string of the molecule is CCCCc1nc2ccc(NC(=O)[C@@H]3CCCC[C@@H]3C=O)cc2n1Cc1ccc(-c2ccccc2C(=O)O)cc1. The lowest BCUT2D eigenvalue weighted by atomic mass is 9.79. The maximum Gasteiger partial charge on any atom is 0.336 e. The van der Waals surface area contributed by atoms with Crippen LogP contribution in [0.2, 0.25) is 0 Å². The summed E-state index contributed by atoms with van der Waals surface area (Å²) in [5.41, 5.74) is 5.41. The van der Waals surface area contributed by atoms with Crippen molar-refractivity contribution < 1.29 is 19.5 Å². The molecule has 1 saturated carbocycles. The lowest BCUT2D eigenvalue weighted by Crippen LogP contribution is -2.32. The van der Waals surface area contributed by atoms with E-state index in [9.17, 15) is 19.5 Å². The zero-order chi connectivity index (χ0) is 28.1. The third kappa shape index (κ3) is 5.83. The van der Waals surface area contributed by atoms with Gasteiger partial charge in [-0.1, -0.05) is 68.7 Å². The fourth-order valence-corrected chi connectivity index (χ4v) is 5.73. The molecule has 1 amide bonds. The number of benzene rings is 3. The second-order valence-corrected chi connectivity index (χ2v) is 10.6. The second-order valence-electron chi connectivity index (χ2n) is 10.6. The predicted octanol–water partition coefficient (Wildman–Crippen LogP) is 6.74. The van der Waals surface area contributed by atoms with Crippen molar-refractivity contribution in [1.29, 1.82) is 0 Å². The number of hydrogen-bond acceptors (Lipinski definition) is 4. The zero-order valence-corrected chi connectivity index (χ0v) is 22.8. The van der Waals surface area contributed by atoms with Gasteiger partial charge in [-0.25, -0.2) is 9.78 Å². The molecule has 0 radical (unpaired) electrons. The molecule has 7 heteroatoms. The number of unbranched alkanes of at least 4 members (excludes halogenated alkanes) is 1. The third-order valence-corrected chi connectivity index (χ3v) is 7.94. The normalized spacial score (nSPS) is 17.0. The summed E-state index contributed by atoms with van der Waals surface area (Å²) >= 11 is 0. The molecule has 0 aliphatic heterocycles. The molecular formula is C33H35N3O4. The minimum absolute atomic E-state index is 0.0920. The number of carbonyl (C=O) groups is 3. The van der Waals surface area contributed by atoms with Crippen LogP contribution in [0.1, 0.15) is 67.2 Å². The maximum absolute atomic E-state index is 13.1. The number of carboxylic acid groups (broad SMARTS) is 1. The molecule has 2 atom stereocenters. The van der Waals surface area contributed by atoms with Gasteiger partial charge in [0.2, 0.25) is 5.91 Å². The molecule has 1 heterocycles. The first-order valence-electron chi connectivity index (χ1n) is 14.2. The molecular weight excluding hydrogens is 502 g/mol. The van der Waals surface area contributed by atoms with E-state index >= 15 is 0 Å². The van der Waals surface area contributed by atoms with Crippen molar-refractivity contribution in [2.24, 2.45) is 11.8 Å². The Balaban J connectivity index is 1.43. The monoisotopic (exact) mass is 537 g/mol. The first-order chi connectivity index (χ1) is 19.5. The van der Waals surface area contributed by atoms with Crippen molar-refractivity contribution in [1.82, 2.24) is 9.55 Å². The number of imidazole rings is 1. The van der Waals surface area contributed by atoms with E-state index in [0.29, 0.717) is 17.8 Å². The summed E-state index contributed by atoms with van der Waals surface area (Å²) in [7, 11) is 0. The molecule has 2 N–H and O–H groups in total. The minimum Gasteiger partial charge on any atom is -0.478 e. The third-order valence-electron chi connectivity index (χ3n) is 7.94. The van der Waals surface area contributed by atoms with E-state index in [1.807, 2.05) is 54.6 Å². The zero-order valence-electron chi connectivity index (χ0n) is 22.8. The lowest BCUT2D eigenvalue weighted by molar-refractivity contribution is -0.126. The molecule has 0 spiro atoms. The van der Waals surface area contributed by atoms with Gasteiger partial charge in [0.1, 0.15) is 12.1 Å². The highest BCUT2D eigenvalue weighted by molar-refractivity contribution is 5.96. The number of aryl methyl sites for hydroxylation is 1. The number of aromatic carboxylic acids is 1. The van der Waals surface area contributed by atoms with Crippen LogP contribution < -0.4 is 5.32 Å². The van der Waals surface area contributed by atoms with Crippen molar-refractivity contribution in [3.63, 3.8) is 0 Å². The van der Waals surface area contributed by atoms with Crippen LogP contribution in [-0.2, 0) is 22.6 Å². The fourth-order valence-electron chi connectivity index (χ4n) is 5.73. The molecule has 5 rings (SSSR count). The molecule has 206 valence electrons. The summed E-state index contributed by atoms with van der Waals surface area (Å²) in [5, 5.41) is 12.6. The quantitative estimate of drug-likeness (QED) is 0.218. The highest BCUT2D eigenvalue weighted by atomic mass is 16.4. The molecule has 3 aromatic carbocycles. The van der Waals surface area contributed by atoms with Gasteiger partial charge in [0.15, 0.2) is 0 Å². The van der Waals surface area contributed by atoms with Crippen LogP contribution >= 0.6 is 0 Å². The van der Waals surface area contributed by atoms with Crippen LogP contribution in [0, 0.1) is 11.8 Å². The predicted molar refractivity (Wildman–Crippen MR) is 156 cm³/mol. The number of rotatable bonds is 10. The first-order valence-corrected chi connectivity index (χ1v) is 14.2. The number of nitrogens with one attached hydrogen (secondary N) is 1. The van der Waals surface area contributed by atoms with E-state index in [4.69, 9.17) is 4.98 Å². The van der Waals surface area contributed by atoms with Crippen LogP contribution in [0.15, 0.2) is 66.7 Å². The van der Waals surface area contributed by atoms with Gasteiger partial charge in [-0.3, -0.25) is 4.79 Å². The van der Waals surface area contributed by atoms with Crippen molar-refractivity contribution in [2.45, 2.75) is 58.4 Å². The van der Waals surface area contributed by atoms with Gasteiger partial charge in [-0.2, -0.15) is 0 Å². The molecule has 1 aliphatic rings. The van der Waals surface area contributed by atoms with Crippen LogP contribution in [0.4, 0.5) is 5.69 Å². The first kappa shape index (κ1) is 27.3. The Morgan fingerprint density at radius 1 is 1.05 bits per heavy atom. The van der Waals surface area contributed by atoms with Crippen molar-refractivity contribution in [2.75, 3.05) is 5.32 Å². The van der Waals surface area contributed by atoms with Gasteiger partial charge in [-0.15, -0.1) is 0 Å². The number of amides is 1. The molecule has 1 fully saturated rings. The average Bonchev–Trinajstić information content (AvgIpc) is 3.32. The number of carbonyl (C=O) groups excluding carboxylic acids is 2. The number of hydrogen-bond donors (Lipinski definition) is 2. The van der Waals surface area contributed by atoms with Crippen LogP contribution in [-0.4, -0.2) is 32.8 Å². The Morgan fingerprint density at radius 3 is 2.58 bits per heavy atom. The number of aromatic nitrogens is 2. The molecule has 1 aromatic heterocycles. The van der Waals surface area contributed by atoms with E-state index in [2.05, 4.69) is 16.8 Å². The Kier molecular flexibility index (Phi) is 8.39.